The number of rotatable bonds is 1. The summed E-state index contributed by atoms with van der Waals surface area (Å²) in [5.74, 6) is 0.0123. The Hall–Kier alpha value is -1.09. The highest BCUT2D eigenvalue weighted by molar-refractivity contribution is 5.40. The van der Waals surface area contributed by atoms with E-state index in [-0.39, 0.29) is 11.9 Å². The van der Waals surface area contributed by atoms with E-state index in [0.29, 0.717) is 11.3 Å². The van der Waals surface area contributed by atoms with Crippen molar-refractivity contribution in [1.82, 2.24) is 0 Å². The average molecular weight is 195 g/mol. The number of nitrogens with two attached hydrogens (primary N) is 1. The lowest BCUT2D eigenvalue weighted by Gasteiger charge is -2.23. The van der Waals surface area contributed by atoms with Crippen LogP contribution in [0.15, 0.2) is 12.1 Å². The van der Waals surface area contributed by atoms with Crippen molar-refractivity contribution in [3.8, 4) is 5.75 Å². The smallest absolute Gasteiger partial charge is 0.170 e. The van der Waals surface area contributed by atoms with Gasteiger partial charge in [-0.25, -0.2) is 4.39 Å². The summed E-state index contributed by atoms with van der Waals surface area (Å²) in [5.41, 5.74) is 7.55. The monoisotopic (exact) mass is 195 g/mol. The molecule has 0 aliphatic heterocycles. The standard InChI is InChI=1S/C11H14FNO/c1-14-9-6-5-7-3-2-4-8(13)10(7)11(9)12/h5-6,8H,2-4,13H2,1H3/t8-/m1/s1. The molecule has 0 radical (unpaired) electrons. The molecule has 3 heteroatoms. The van der Waals surface area contributed by atoms with Gasteiger partial charge in [0.2, 0.25) is 0 Å². The van der Waals surface area contributed by atoms with Gasteiger partial charge in [0.15, 0.2) is 11.6 Å². The quantitative estimate of drug-likeness (QED) is 0.745. The SMILES string of the molecule is COc1ccc2c(c1F)[C@H](N)CCC2. The van der Waals surface area contributed by atoms with Gasteiger partial charge in [-0.15, -0.1) is 0 Å². The highest BCUT2D eigenvalue weighted by Crippen LogP contribution is 2.34. The zero-order valence-electron chi connectivity index (χ0n) is 8.22. The summed E-state index contributed by atoms with van der Waals surface area (Å²) in [5, 5.41) is 0. The third-order valence-electron chi connectivity index (χ3n) is 2.79. The van der Waals surface area contributed by atoms with E-state index < -0.39 is 0 Å². The van der Waals surface area contributed by atoms with Gasteiger partial charge in [0.1, 0.15) is 0 Å². The number of halogens is 1. The molecule has 0 unspecified atom stereocenters. The molecule has 0 saturated carbocycles. The van der Waals surface area contributed by atoms with Crippen molar-refractivity contribution in [2.24, 2.45) is 5.73 Å². The predicted octanol–water partition coefficient (Wildman–Crippen LogP) is 2.17. The lowest BCUT2D eigenvalue weighted by molar-refractivity contribution is 0.378. The van der Waals surface area contributed by atoms with Crippen molar-refractivity contribution in [2.45, 2.75) is 25.3 Å². The van der Waals surface area contributed by atoms with Gasteiger partial charge < -0.3 is 10.5 Å². The second-order valence-electron chi connectivity index (χ2n) is 3.65. The van der Waals surface area contributed by atoms with Crippen molar-refractivity contribution in [2.75, 3.05) is 7.11 Å². The fourth-order valence-corrected chi connectivity index (χ4v) is 2.05. The zero-order chi connectivity index (χ0) is 10.1. The Labute approximate surface area is 82.9 Å². The summed E-state index contributed by atoms with van der Waals surface area (Å²) < 4.78 is 18.7. The maximum atomic E-state index is 13.8. The molecule has 1 aliphatic carbocycles. The first-order valence-electron chi connectivity index (χ1n) is 4.85. The number of benzene rings is 1. The van der Waals surface area contributed by atoms with Gasteiger partial charge in [-0.05, 0) is 30.9 Å². The highest BCUT2D eigenvalue weighted by atomic mass is 19.1. The second kappa shape index (κ2) is 3.58. The van der Waals surface area contributed by atoms with Crippen molar-refractivity contribution >= 4 is 0 Å². The molecule has 2 nitrogen and oxygen atoms in total. The van der Waals surface area contributed by atoms with Crippen LogP contribution < -0.4 is 10.5 Å². The van der Waals surface area contributed by atoms with Crippen LogP contribution in [0.25, 0.3) is 0 Å². The third-order valence-corrected chi connectivity index (χ3v) is 2.79. The molecule has 0 bridgehead atoms. The Kier molecular flexibility index (Phi) is 2.42. The molecule has 0 saturated heterocycles. The van der Waals surface area contributed by atoms with Gasteiger partial charge in [0.05, 0.1) is 7.11 Å². The van der Waals surface area contributed by atoms with E-state index >= 15 is 0 Å². The van der Waals surface area contributed by atoms with Crippen LogP contribution in [0.1, 0.15) is 30.0 Å². The number of methoxy groups -OCH3 is 1. The predicted molar refractivity (Wildman–Crippen MR) is 52.8 cm³/mol. The van der Waals surface area contributed by atoms with Gasteiger partial charge >= 0.3 is 0 Å². The maximum Gasteiger partial charge on any atom is 0.170 e. The summed E-state index contributed by atoms with van der Waals surface area (Å²) >= 11 is 0. The summed E-state index contributed by atoms with van der Waals surface area (Å²) in [7, 11) is 1.47. The van der Waals surface area contributed by atoms with Gasteiger partial charge in [0, 0.05) is 11.6 Å². The number of ether oxygens (including phenoxy) is 1. The molecule has 1 aliphatic rings. The Morgan fingerprint density at radius 3 is 3.00 bits per heavy atom. The van der Waals surface area contributed by atoms with Gasteiger partial charge in [-0.3, -0.25) is 0 Å². The van der Waals surface area contributed by atoms with Crippen molar-refractivity contribution in [3.63, 3.8) is 0 Å². The maximum absolute atomic E-state index is 13.8. The average Bonchev–Trinajstić information content (AvgIpc) is 2.18. The fraction of sp³-hybridized carbons (Fsp3) is 0.455. The largest absolute Gasteiger partial charge is 0.494 e. The van der Waals surface area contributed by atoms with E-state index in [2.05, 4.69) is 0 Å². The van der Waals surface area contributed by atoms with Crippen LogP contribution in [-0.4, -0.2) is 7.11 Å². The van der Waals surface area contributed by atoms with Crippen LogP contribution in [0.2, 0.25) is 0 Å². The van der Waals surface area contributed by atoms with Crippen molar-refractivity contribution in [1.29, 1.82) is 0 Å². The lowest BCUT2D eigenvalue weighted by Crippen LogP contribution is -2.19. The molecule has 0 spiro atoms. The normalized spacial score (nSPS) is 20.4. The van der Waals surface area contributed by atoms with Crippen LogP contribution in [0, 0.1) is 5.82 Å². The van der Waals surface area contributed by atoms with Crippen LogP contribution >= 0.6 is 0 Å². The molecule has 1 aromatic carbocycles. The molecule has 2 N–H and O–H groups in total. The number of hydrogen-bond acceptors (Lipinski definition) is 2. The molecule has 76 valence electrons. The van der Waals surface area contributed by atoms with Crippen LogP contribution in [-0.2, 0) is 6.42 Å². The summed E-state index contributed by atoms with van der Waals surface area (Å²) in [4.78, 5) is 0. The Balaban J connectivity index is 2.54. The van der Waals surface area contributed by atoms with Crippen molar-refractivity contribution < 1.29 is 9.13 Å². The number of aryl methyl sites for hydroxylation is 1. The first-order chi connectivity index (χ1) is 6.74. The molecular formula is C11H14FNO. The van der Waals surface area contributed by atoms with Crippen molar-refractivity contribution in [3.05, 3.63) is 29.1 Å². The molecule has 0 heterocycles. The van der Waals surface area contributed by atoms with Crippen LogP contribution in [0.3, 0.4) is 0 Å². The van der Waals surface area contributed by atoms with E-state index in [0.717, 1.165) is 24.8 Å². The molecule has 0 fully saturated rings. The van der Waals surface area contributed by atoms with E-state index in [1.807, 2.05) is 6.07 Å². The Morgan fingerprint density at radius 1 is 1.50 bits per heavy atom. The molecule has 0 amide bonds. The minimum atomic E-state index is -0.280. The third kappa shape index (κ3) is 1.38. The van der Waals surface area contributed by atoms with Gasteiger partial charge in [0.25, 0.3) is 0 Å². The molecule has 0 aromatic heterocycles. The fourth-order valence-electron chi connectivity index (χ4n) is 2.05. The summed E-state index contributed by atoms with van der Waals surface area (Å²) in [6.07, 6.45) is 2.82. The lowest BCUT2D eigenvalue weighted by atomic mass is 9.87. The van der Waals surface area contributed by atoms with E-state index in [1.165, 1.54) is 7.11 Å². The van der Waals surface area contributed by atoms with Gasteiger partial charge in [-0.1, -0.05) is 6.07 Å². The van der Waals surface area contributed by atoms with Crippen LogP contribution in [0.5, 0.6) is 5.75 Å². The summed E-state index contributed by atoms with van der Waals surface area (Å²) in [6, 6.07) is 3.41. The second-order valence-corrected chi connectivity index (χ2v) is 3.65. The zero-order valence-corrected chi connectivity index (χ0v) is 8.22. The first-order valence-corrected chi connectivity index (χ1v) is 4.85. The molecule has 1 atom stereocenters. The van der Waals surface area contributed by atoms with E-state index in [1.54, 1.807) is 6.07 Å². The van der Waals surface area contributed by atoms with E-state index in [9.17, 15) is 4.39 Å². The minimum absolute atomic E-state index is 0.172. The molecule has 1 aromatic rings. The molecule has 14 heavy (non-hydrogen) atoms. The number of hydrogen-bond donors (Lipinski definition) is 1. The first kappa shape index (κ1) is 9.46. The molecular weight excluding hydrogens is 181 g/mol. The molecule has 2 rings (SSSR count). The topological polar surface area (TPSA) is 35.2 Å². The Morgan fingerprint density at radius 2 is 2.29 bits per heavy atom. The summed E-state index contributed by atoms with van der Waals surface area (Å²) in [6.45, 7) is 0. The number of fused-ring (bicyclic) bond motifs is 1. The Bertz CT molecular complexity index is 351. The minimum Gasteiger partial charge on any atom is -0.494 e. The van der Waals surface area contributed by atoms with Crippen LogP contribution in [0.4, 0.5) is 4.39 Å². The van der Waals surface area contributed by atoms with Gasteiger partial charge in [-0.2, -0.15) is 0 Å². The highest BCUT2D eigenvalue weighted by Gasteiger charge is 2.22. The van der Waals surface area contributed by atoms with E-state index in [4.69, 9.17) is 10.5 Å².